The summed E-state index contributed by atoms with van der Waals surface area (Å²) >= 11 is 0. The fourth-order valence-electron chi connectivity index (χ4n) is 3.07. The Bertz CT molecular complexity index is 284. The number of rotatable bonds is 6. The van der Waals surface area contributed by atoms with Crippen LogP contribution in [0.4, 0.5) is 0 Å². The van der Waals surface area contributed by atoms with E-state index in [1.165, 1.54) is 0 Å². The largest absolute Gasteiger partial charge is 0.389 e. The normalized spacial score (nSPS) is 29.2. The molecule has 118 valence electrons. The van der Waals surface area contributed by atoms with Crippen molar-refractivity contribution in [3.63, 3.8) is 0 Å². The Morgan fingerprint density at radius 2 is 2.10 bits per heavy atom. The van der Waals surface area contributed by atoms with E-state index < -0.39 is 5.60 Å². The fraction of sp³-hybridized carbons (Fsp3) is 1.00. The van der Waals surface area contributed by atoms with Crippen molar-refractivity contribution >= 4 is 0 Å². The number of aliphatic hydroxyl groups is 1. The van der Waals surface area contributed by atoms with Gasteiger partial charge in [0.25, 0.3) is 0 Å². The summed E-state index contributed by atoms with van der Waals surface area (Å²) in [6, 6.07) is 0.427. The zero-order valence-corrected chi connectivity index (χ0v) is 12.8. The van der Waals surface area contributed by atoms with Crippen LogP contribution >= 0.6 is 0 Å². The standard InChI is InChI=1S/C15H29NO4/c1-14(17,4-8-18-2)12-16-13-3-7-20-15(11-13)5-9-19-10-6-15/h13,16-17H,3-12H2,1-2H3. The van der Waals surface area contributed by atoms with Gasteiger partial charge in [0, 0.05) is 52.5 Å². The van der Waals surface area contributed by atoms with Crippen molar-refractivity contribution in [2.24, 2.45) is 0 Å². The highest BCUT2D eigenvalue weighted by Gasteiger charge is 2.39. The van der Waals surface area contributed by atoms with Crippen molar-refractivity contribution < 1.29 is 19.3 Å². The van der Waals surface area contributed by atoms with E-state index >= 15 is 0 Å². The van der Waals surface area contributed by atoms with Crippen molar-refractivity contribution in [3.05, 3.63) is 0 Å². The highest BCUT2D eigenvalue weighted by Crippen LogP contribution is 2.34. The third kappa shape index (κ3) is 4.67. The second-order valence-electron chi connectivity index (χ2n) is 6.45. The lowest BCUT2D eigenvalue weighted by molar-refractivity contribution is -0.141. The minimum atomic E-state index is -0.711. The Balaban J connectivity index is 1.78. The molecule has 2 atom stereocenters. The van der Waals surface area contributed by atoms with Gasteiger partial charge in [-0.25, -0.2) is 0 Å². The fourth-order valence-corrected chi connectivity index (χ4v) is 3.07. The van der Waals surface area contributed by atoms with Gasteiger partial charge >= 0.3 is 0 Å². The number of nitrogens with one attached hydrogen (secondary N) is 1. The van der Waals surface area contributed by atoms with Crippen LogP contribution in [0.2, 0.25) is 0 Å². The minimum absolute atomic E-state index is 0.00650. The molecule has 0 aliphatic carbocycles. The molecule has 0 amide bonds. The summed E-state index contributed by atoms with van der Waals surface area (Å²) < 4.78 is 16.5. The molecular formula is C15H29NO4. The monoisotopic (exact) mass is 287 g/mol. The van der Waals surface area contributed by atoms with Gasteiger partial charge in [-0.3, -0.25) is 0 Å². The first-order valence-electron chi connectivity index (χ1n) is 7.72. The molecule has 2 N–H and O–H groups in total. The van der Waals surface area contributed by atoms with Gasteiger partial charge in [0.15, 0.2) is 0 Å². The summed E-state index contributed by atoms with van der Waals surface area (Å²) in [6.45, 7) is 5.47. The summed E-state index contributed by atoms with van der Waals surface area (Å²) in [4.78, 5) is 0. The first-order chi connectivity index (χ1) is 9.55. The molecule has 2 aliphatic rings. The predicted molar refractivity (Wildman–Crippen MR) is 76.9 cm³/mol. The van der Waals surface area contributed by atoms with Gasteiger partial charge in [-0.2, -0.15) is 0 Å². The number of ether oxygens (including phenoxy) is 3. The molecular weight excluding hydrogens is 258 g/mol. The molecule has 2 heterocycles. The zero-order valence-electron chi connectivity index (χ0n) is 12.8. The van der Waals surface area contributed by atoms with Crippen LogP contribution in [0.5, 0.6) is 0 Å². The maximum absolute atomic E-state index is 10.3. The Morgan fingerprint density at radius 3 is 2.80 bits per heavy atom. The Labute approximate surface area is 122 Å². The SMILES string of the molecule is COCCC(C)(O)CNC1CCOC2(CCOCC2)C1. The van der Waals surface area contributed by atoms with Crippen molar-refractivity contribution in [2.45, 2.75) is 56.3 Å². The summed E-state index contributed by atoms with van der Waals surface area (Å²) in [6.07, 6.45) is 4.68. The lowest BCUT2D eigenvalue weighted by Crippen LogP contribution is -2.52. The Kier molecular flexibility index (Phi) is 5.81. The highest BCUT2D eigenvalue weighted by atomic mass is 16.5. The van der Waals surface area contributed by atoms with Crippen LogP contribution in [-0.4, -0.2) is 62.4 Å². The summed E-state index contributed by atoms with van der Waals surface area (Å²) in [5, 5.41) is 13.8. The molecule has 2 fully saturated rings. The van der Waals surface area contributed by atoms with Crippen LogP contribution in [-0.2, 0) is 14.2 Å². The Hall–Kier alpha value is -0.200. The van der Waals surface area contributed by atoms with Gasteiger partial charge < -0.3 is 24.6 Å². The molecule has 2 rings (SSSR count). The van der Waals surface area contributed by atoms with E-state index in [2.05, 4.69) is 5.32 Å². The lowest BCUT2D eigenvalue weighted by atomic mass is 9.84. The first-order valence-corrected chi connectivity index (χ1v) is 7.72. The molecule has 2 unspecified atom stereocenters. The van der Waals surface area contributed by atoms with Crippen molar-refractivity contribution in [1.29, 1.82) is 0 Å². The van der Waals surface area contributed by atoms with Crippen molar-refractivity contribution in [2.75, 3.05) is 40.1 Å². The van der Waals surface area contributed by atoms with E-state index in [-0.39, 0.29) is 5.60 Å². The van der Waals surface area contributed by atoms with Crippen LogP contribution in [0.3, 0.4) is 0 Å². The number of methoxy groups -OCH3 is 1. The average Bonchev–Trinajstić information content (AvgIpc) is 2.44. The summed E-state index contributed by atoms with van der Waals surface area (Å²) in [5.74, 6) is 0. The van der Waals surface area contributed by atoms with E-state index in [1.54, 1.807) is 7.11 Å². The maximum Gasteiger partial charge on any atom is 0.0765 e. The van der Waals surface area contributed by atoms with Crippen LogP contribution < -0.4 is 5.32 Å². The zero-order chi connectivity index (χ0) is 14.5. The average molecular weight is 287 g/mol. The van der Waals surface area contributed by atoms with Crippen LogP contribution in [0, 0.1) is 0 Å². The predicted octanol–water partition coefficient (Wildman–Crippen LogP) is 1.09. The van der Waals surface area contributed by atoms with E-state index in [4.69, 9.17) is 14.2 Å². The quantitative estimate of drug-likeness (QED) is 0.766. The van der Waals surface area contributed by atoms with Gasteiger partial charge in [0.2, 0.25) is 0 Å². The molecule has 0 aromatic heterocycles. The molecule has 0 aromatic carbocycles. The topological polar surface area (TPSA) is 60.0 Å². The number of hydrogen-bond donors (Lipinski definition) is 2. The number of hydrogen-bond acceptors (Lipinski definition) is 5. The second kappa shape index (κ2) is 7.18. The van der Waals surface area contributed by atoms with Crippen molar-refractivity contribution in [1.82, 2.24) is 5.32 Å². The van der Waals surface area contributed by atoms with E-state index in [1.807, 2.05) is 6.92 Å². The van der Waals surface area contributed by atoms with Crippen LogP contribution in [0.25, 0.3) is 0 Å². The third-order valence-electron chi connectivity index (χ3n) is 4.51. The van der Waals surface area contributed by atoms with Crippen molar-refractivity contribution in [3.8, 4) is 0 Å². The maximum atomic E-state index is 10.3. The van der Waals surface area contributed by atoms with Crippen LogP contribution in [0.15, 0.2) is 0 Å². The summed E-state index contributed by atoms with van der Waals surface area (Å²) in [5.41, 5.74) is -0.705. The molecule has 2 aliphatic heterocycles. The minimum Gasteiger partial charge on any atom is -0.389 e. The smallest absolute Gasteiger partial charge is 0.0765 e. The molecule has 20 heavy (non-hydrogen) atoms. The van der Waals surface area contributed by atoms with Gasteiger partial charge in [-0.05, 0) is 32.6 Å². The van der Waals surface area contributed by atoms with Gasteiger partial charge in [0.1, 0.15) is 0 Å². The molecule has 5 nitrogen and oxygen atoms in total. The van der Waals surface area contributed by atoms with E-state index in [0.717, 1.165) is 45.5 Å². The highest BCUT2D eigenvalue weighted by molar-refractivity contribution is 4.92. The molecule has 0 bridgehead atoms. The molecule has 2 saturated heterocycles. The molecule has 0 saturated carbocycles. The van der Waals surface area contributed by atoms with E-state index in [9.17, 15) is 5.11 Å². The van der Waals surface area contributed by atoms with Gasteiger partial charge in [-0.15, -0.1) is 0 Å². The van der Waals surface area contributed by atoms with Gasteiger partial charge in [-0.1, -0.05) is 0 Å². The van der Waals surface area contributed by atoms with Gasteiger partial charge in [0.05, 0.1) is 11.2 Å². The third-order valence-corrected chi connectivity index (χ3v) is 4.51. The molecule has 1 spiro atoms. The van der Waals surface area contributed by atoms with E-state index in [0.29, 0.717) is 25.6 Å². The molecule has 0 aromatic rings. The Morgan fingerprint density at radius 1 is 1.35 bits per heavy atom. The molecule has 0 radical (unpaired) electrons. The summed E-state index contributed by atoms with van der Waals surface area (Å²) in [7, 11) is 1.66. The van der Waals surface area contributed by atoms with Crippen LogP contribution in [0.1, 0.15) is 39.0 Å². The first kappa shape index (κ1) is 16.2. The lowest BCUT2D eigenvalue weighted by Gasteiger charge is -2.44. The molecule has 5 heteroatoms. The second-order valence-corrected chi connectivity index (χ2v) is 6.45.